The van der Waals surface area contributed by atoms with E-state index in [2.05, 4.69) is 12.2 Å². The number of hydrogen-bond donors (Lipinski definition) is 2. The van der Waals surface area contributed by atoms with E-state index in [4.69, 9.17) is 0 Å². The summed E-state index contributed by atoms with van der Waals surface area (Å²) in [6, 6.07) is 0. The summed E-state index contributed by atoms with van der Waals surface area (Å²) in [5, 5.41) is 13.3. The minimum Gasteiger partial charge on any atom is -0.393 e. The molecule has 0 aromatic rings. The molecule has 0 bridgehead atoms. The molecule has 2 nitrogen and oxygen atoms in total. The Bertz CT molecular complexity index is 197. The minimum atomic E-state index is -0.0229. The van der Waals surface area contributed by atoms with Crippen LogP contribution in [0.25, 0.3) is 0 Å². The molecule has 4 unspecified atom stereocenters. The van der Waals surface area contributed by atoms with Gasteiger partial charge in [0, 0.05) is 0 Å². The molecule has 0 aromatic carbocycles. The quantitative estimate of drug-likeness (QED) is 0.790. The highest BCUT2D eigenvalue weighted by molar-refractivity contribution is 4.76. The van der Waals surface area contributed by atoms with Crippen LogP contribution in [-0.2, 0) is 0 Å². The maximum atomic E-state index is 9.63. The van der Waals surface area contributed by atoms with Gasteiger partial charge in [0.1, 0.15) is 0 Å². The standard InChI is InChI=1S/C15H29NO/c1-12-4-2-5-13(8-12)10-16-11-14-6-3-7-15(17)9-14/h12-17H,2-11H2,1H3. The van der Waals surface area contributed by atoms with Crippen LogP contribution < -0.4 is 5.32 Å². The summed E-state index contributed by atoms with van der Waals surface area (Å²) in [4.78, 5) is 0. The van der Waals surface area contributed by atoms with Crippen LogP contribution in [0.2, 0.25) is 0 Å². The van der Waals surface area contributed by atoms with Crippen LogP contribution in [-0.4, -0.2) is 24.3 Å². The van der Waals surface area contributed by atoms with E-state index in [-0.39, 0.29) is 6.10 Å². The number of nitrogens with one attached hydrogen (secondary N) is 1. The predicted molar refractivity (Wildman–Crippen MR) is 72.0 cm³/mol. The molecule has 2 rings (SSSR count). The normalized spacial score (nSPS) is 39.2. The van der Waals surface area contributed by atoms with Gasteiger partial charge >= 0.3 is 0 Å². The van der Waals surface area contributed by atoms with E-state index < -0.39 is 0 Å². The Hall–Kier alpha value is -0.0800. The Morgan fingerprint density at radius 3 is 2.24 bits per heavy atom. The molecule has 100 valence electrons. The van der Waals surface area contributed by atoms with Gasteiger partial charge in [-0.05, 0) is 62.9 Å². The van der Waals surface area contributed by atoms with E-state index in [0.717, 1.165) is 37.1 Å². The maximum absolute atomic E-state index is 9.63. The maximum Gasteiger partial charge on any atom is 0.0543 e. The molecule has 0 amide bonds. The van der Waals surface area contributed by atoms with E-state index in [1.54, 1.807) is 0 Å². The van der Waals surface area contributed by atoms with Crippen molar-refractivity contribution in [1.82, 2.24) is 5.32 Å². The van der Waals surface area contributed by atoms with Gasteiger partial charge in [0.15, 0.2) is 0 Å². The van der Waals surface area contributed by atoms with Gasteiger partial charge in [-0.1, -0.05) is 26.2 Å². The fourth-order valence-corrected chi connectivity index (χ4v) is 3.68. The van der Waals surface area contributed by atoms with Crippen molar-refractivity contribution >= 4 is 0 Å². The first-order valence-electron chi connectivity index (χ1n) is 7.63. The van der Waals surface area contributed by atoms with Crippen LogP contribution >= 0.6 is 0 Å². The van der Waals surface area contributed by atoms with E-state index in [1.807, 2.05) is 0 Å². The molecule has 17 heavy (non-hydrogen) atoms. The molecule has 2 heteroatoms. The van der Waals surface area contributed by atoms with Crippen molar-refractivity contribution in [3.05, 3.63) is 0 Å². The summed E-state index contributed by atoms with van der Waals surface area (Å²) >= 11 is 0. The average molecular weight is 239 g/mol. The molecule has 0 heterocycles. The zero-order valence-corrected chi connectivity index (χ0v) is 11.3. The van der Waals surface area contributed by atoms with Gasteiger partial charge in [-0.3, -0.25) is 0 Å². The van der Waals surface area contributed by atoms with Crippen molar-refractivity contribution in [2.45, 2.75) is 64.4 Å². The van der Waals surface area contributed by atoms with Crippen LogP contribution in [0.15, 0.2) is 0 Å². The first-order chi connectivity index (χ1) is 8.24. The van der Waals surface area contributed by atoms with Crippen LogP contribution in [0, 0.1) is 17.8 Å². The average Bonchev–Trinajstić information content (AvgIpc) is 2.29. The fraction of sp³-hybridized carbons (Fsp3) is 1.00. The lowest BCUT2D eigenvalue weighted by molar-refractivity contribution is 0.0999. The molecule has 0 aliphatic heterocycles. The molecule has 0 radical (unpaired) electrons. The summed E-state index contributed by atoms with van der Waals surface area (Å²) in [5.41, 5.74) is 0. The summed E-state index contributed by atoms with van der Waals surface area (Å²) in [6.07, 6.45) is 10.3. The molecule has 2 N–H and O–H groups in total. The lowest BCUT2D eigenvalue weighted by atomic mass is 9.82. The summed E-state index contributed by atoms with van der Waals surface area (Å²) in [5.74, 6) is 2.57. The SMILES string of the molecule is CC1CCCC(CNCC2CCCC(O)C2)C1. The first kappa shape index (κ1) is 13.4. The van der Waals surface area contributed by atoms with E-state index in [0.29, 0.717) is 0 Å². The number of rotatable bonds is 4. The number of aliphatic hydroxyl groups excluding tert-OH is 1. The Labute approximate surface area is 106 Å². The second-order valence-corrected chi connectivity index (χ2v) is 6.48. The monoisotopic (exact) mass is 239 g/mol. The van der Waals surface area contributed by atoms with Crippen molar-refractivity contribution < 1.29 is 5.11 Å². The first-order valence-corrected chi connectivity index (χ1v) is 7.63. The molecule has 2 fully saturated rings. The minimum absolute atomic E-state index is 0.0229. The largest absolute Gasteiger partial charge is 0.393 e. The molecule has 4 atom stereocenters. The number of aliphatic hydroxyl groups is 1. The highest BCUT2D eigenvalue weighted by atomic mass is 16.3. The van der Waals surface area contributed by atoms with Gasteiger partial charge in [0.25, 0.3) is 0 Å². The van der Waals surface area contributed by atoms with Gasteiger partial charge < -0.3 is 10.4 Å². The molecule has 2 aliphatic carbocycles. The fourth-order valence-electron chi connectivity index (χ4n) is 3.68. The zero-order valence-electron chi connectivity index (χ0n) is 11.3. The molecule has 0 aromatic heterocycles. The summed E-state index contributed by atoms with van der Waals surface area (Å²) in [7, 11) is 0. The molecular formula is C15H29NO. The van der Waals surface area contributed by atoms with Gasteiger partial charge in [-0.25, -0.2) is 0 Å². The second kappa shape index (κ2) is 6.75. The van der Waals surface area contributed by atoms with E-state index in [1.165, 1.54) is 45.1 Å². The molecule has 0 saturated heterocycles. The zero-order chi connectivity index (χ0) is 12.1. The van der Waals surface area contributed by atoms with Crippen LogP contribution in [0.1, 0.15) is 58.3 Å². The Balaban J connectivity index is 1.58. The van der Waals surface area contributed by atoms with E-state index >= 15 is 0 Å². The smallest absolute Gasteiger partial charge is 0.0543 e. The Morgan fingerprint density at radius 2 is 1.59 bits per heavy atom. The predicted octanol–water partition coefficient (Wildman–Crippen LogP) is 2.95. The third kappa shape index (κ3) is 4.59. The van der Waals surface area contributed by atoms with Crippen molar-refractivity contribution in [2.75, 3.05) is 13.1 Å². The second-order valence-electron chi connectivity index (χ2n) is 6.48. The van der Waals surface area contributed by atoms with Crippen molar-refractivity contribution in [1.29, 1.82) is 0 Å². The molecule has 2 saturated carbocycles. The third-order valence-corrected chi connectivity index (χ3v) is 4.67. The van der Waals surface area contributed by atoms with Gasteiger partial charge in [0.2, 0.25) is 0 Å². The lowest BCUT2D eigenvalue weighted by Gasteiger charge is -2.29. The molecular weight excluding hydrogens is 210 g/mol. The van der Waals surface area contributed by atoms with Crippen molar-refractivity contribution in [2.24, 2.45) is 17.8 Å². The van der Waals surface area contributed by atoms with Crippen LogP contribution in [0.4, 0.5) is 0 Å². The van der Waals surface area contributed by atoms with Gasteiger partial charge in [-0.15, -0.1) is 0 Å². The lowest BCUT2D eigenvalue weighted by Crippen LogP contribution is -2.33. The van der Waals surface area contributed by atoms with E-state index in [9.17, 15) is 5.11 Å². The molecule has 2 aliphatic rings. The summed E-state index contributed by atoms with van der Waals surface area (Å²) in [6.45, 7) is 4.72. The van der Waals surface area contributed by atoms with Gasteiger partial charge in [-0.2, -0.15) is 0 Å². The Kier molecular flexibility index (Phi) is 5.30. The number of hydrogen-bond acceptors (Lipinski definition) is 2. The topological polar surface area (TPSA) is 32.3 Å². The Morgan fingerprint density at radius 1 is 0.941 bits per heavy atom. The molecule has 0 spiro atoms. The third-order valence-electron chi connectivity index (χ3n) is 4.67. The highest BCUT2D eigenvalue weighted by Crippen LogP contribution is 2.28. The van der Waals surface area contributed by atoms with Crippen LogP contribution in [0.5, 0.6) is 0 Å². The van der Waals surface area contributed by atoms with Crippen LogP contribution in [0.3, 0.4) is 0 Å². The van der Waals surface area contributed by atoms with Gasteiger partial charge in [0.05, 0.1) is 6.10 Å². The van der Waals surface area contributed by atoms with Crippen molar-refractivity contribution in [3.63, 3.8) is 0 Å². The summed E-state index contributed by atoms with van der Waals surface area (Å²) < 4.78 is 0. The van der Waals surface area contributed by atoms with Crippen molar-refractivity contribution in [3.8, 4) is 0 Å². The highest BCUT2D eigenvalue weighted by Gasteiger charge is 2.21.